The molecule has 1 aliphatic heterocycles. The molecule has 1 fully saturated rings. The highest BCUT2D eigenvalue weighted by atomic mass is 35.5. The number of carbonyl (C=O) groups is 2. The highest BCUT2D eigenvalue weighted by molar-refractivity contribution is 7.89. The Morgan fingerprint density at radius 3 is 2.52 bits per heavy atom. The fraction of sp³-hybridized carbons (Fsp3) is 0.263. The first-order valence-corrected chi connectivity index (χ1v) is 10.5. The smallest absolute Gasteiger partial charge is 0.337 e. The first-order valence-electron chi connectivity index (χ1n) is 8.70. The molecule has 0 radical (unpaired) electrons. The standard InChI is InChI=1S/C19H19ClN2O6S/c1-27-19(24)14-5-6-16(20)17(12-14)21-18(23)13-3-2-4-15(11-13)29(25,26)22-7-9-28-10-8-22/h2-6,11-12H,7-10H2,1H3,(H,21,23). The van der Waals surface area contributed by atoms with E-state index in [1.807, 2.05) is 0 Å². The number of hydrogen-bond acceptors (Lipinski definition) is 6. The molecular formula is C19H19ClN2O6S. The second-order valence-electron chi connectivity index (χ2n) is 6.18. The van der Waals surface area contributed by atoms with E-state index in [0.29, 0.717) is 13.2 Å². The van der Waals surface area contributed by atoms with Gasteiger partial charge < -0.3 is 14.8 Å². The summed E-state index contributed by atoms with van der Waals surface area (Å²) in [6, 6.07) is 10.0. The number of hydrogen-bond donors (Lipinski definition) is 1. The molecule has 1 amide bonds. The molecular weight excluding hydrogens is 420 g/mol. The Bertz CT molecular complexity index is 1030. The fourth-order valence-electron chi connectivity index (χ4n) is 2.79. The van der Waals surface area contributed by atoms with E-state index in [9.17, 15) is 18.0 Å². The first-order chi connectivity index (χ1) is 13.8. The van der Waals surface area contributed by atoms with Gasteiger partial charge in [-0.15, -0.1) is 0 Å². The molecule has 29 heavy (non-hydrogen) atoms. The van der Waals surface area contributed by atoms with Crippen molar-refractivity contribution >= 4 is 39.2 Å². The molecule has 0 atom stereocenters. The van der Waals surface area contributed by atoms with Gasteiger partial charge in [-0.1, -0.05) is 17.7 Å². The summed E-state index contributed by atoms with van der Waals surface area (Å²) in [7, 11) is -2.49. The van der Waals surface area contributed by atoms with Gasteiger partial charge in [0.15, 0.2) is 0 Å². The lowest BCUT2D eigenvalue weighted by Gasteiger charge is -2.26. The lowest BCUT2D eigenvalue weighted by molar-refractivity contribution is 0.0600. The number of esters is 1. The molecule has 1 saturated heterocycles. The maximum absolute atomic E-state index is 12.8. The molecule has 1 N–H and O–H groups in total. The van der Waals surface area contributed by atoms with Crippen LogP contribution in [0.25, 0.3) is 0 Å². The van der Waals surface area contributed by atoms with Gasteiger partial charge in [-0.3, -0.25) is 4.79 Å². The minimum Gasteiger partial charge on any atom is -0.465 e. The van der Waals surface area contributed by atoms with E-state index in [4.69, 9.17) is 16.3 Å². The highest BCUT2D eigenvalue weighted by Gasteiger charge is 2.27. The SMILES string of the molecule is COC(=O)c1ccc(Cl)c(NC(=O)c2cccc(S(=O)(=O)N3CCOCC3)c2)c1. The molecule has 10 heteroatoms. The second-order valence-corrected chi connectivity index (χ2v) is 8.53. The van der Waals surface area contributed by atoms with E-state index in [2.05, 4.69) is 10.1 Å². The van der Waals surface area contributed by atoms with Crippen LogP contribution >= 0.6 is 11.6 Å². The van der Waals surface area contributed by atoms with Crippen LogP contribution in [0.3, 0.4) is 0 Å². The molecule has 154 valence electrons. The number of ether oxygens (including phenoxy) is 2. The summed E-state index contributed by atoms with van der Waals surface area (Å²) in [6.45, 7) is 1.17. The number of carbonyl (C=O) groups excluding carboxylic acids is 2. The number of nitrogens with one attached hydrogen (secondary N) is 1. The third kappa shape index (κ3) is 4.76. The van der Waals surface area contributed by atoms with Crippen LogP contribution in [0, 0.1) is 0 Å². The largest absolute Gasteiger partial charge is 0.465 e. The fourth-order valence-corrected chi connectivity index (χ4v) is 4.41. The van der Waals surface area contributed by atoms with Crippen LogP contribution in [0.15, 0.2) is 47.4 Å². The van der Waals surface area contributed by atoms with Gasteiger partial charge in [-0.05, 0) is 36.4 Å². The van der Waals surface area contributed by atoms with Crippen LogP contribution in [0.2, 0.25) is 5.02 Å². The van der Waals surface area contributed by atoms with E-state index >= 15 is 0 Å². The first kappa shape index (κ1) is 21.3. The van der Waals surface area contributed by atoms with E-state index in [1.54, 1.807) is 0 Å². The van der Waals surface area contributed by atoms with Crippen LogP contribution in [0.4, 0.5) is 5.69 Å². The quantitative estimate of drug-likeness (QED) is 0.719. The number of anilines is 1. The monoisotopic (exact) mass is 438 g/mol. The van der Waals surface area contributed by atoms with Gasteiger partial charge in [0.1, 0.15) is 0 Å². The zero-order valence-electron chi connectivity index (χ0n) is 15.6. The maximum Gasteiger partial charge on any atom is 0.337 e. The van der Waals surface area contributed by atoms with Crippen molar-refractivity contribution in [2.45, 2.75) is 4.90 Å². The molecule has 2 aromatic carbocycles. The summed E-state index contributed by atoms with van der Waals surface area (Å²) in [5, 5.41) is 2.82. The van der Waals surface area contributed by atoms with E-state index in [0.717, 1.165) is 0 Å². The van der Waals surface area contributed by atoms with Gasteiger partial charge in [0, 0.05) is 18.7 Å². The normalized spacial score (nSPS) is 15.0. The lowest BCUT2D eigenvalue weighted by Crippen LogP contribution is -2.40. The number of benzene rings is 2. The summed E-state index contributed by atoms with van der Waals surface area (Å²) < 4.78 is 36.8. The Labute approximate surface area is 173 Å². The molecule has 2 aromatic rings. The van der Waals surface area contributed by atoms with Gasteiger partial charge >= 0.3 is 5.97 Å². The second kappa shape index (κ2) is 8.91. The van der Waals surface area contributed by atoms with Crippen LogP contribution in [-0.4, -0.2) is 58.0 Å². The highest BCUT2D eigenvalue weighted by Crippen LogP contribution is 2.25. The zero-order chi connectivity index (χ0) is 21.0. The number of amides is 1. The number of morpholine rings is 1. The summed E-state index contributed by atoms with van der Waals surface area (Å²) in [5.74, 6) is -1.14. The summed E-state index contributed by atoms with van der Waals surface area (Å²) in [6.07, 6.45) is 0. The number of methoxy groups -OCH3 is 1. The van der Waals surface area contributed by atoms with Gasteiger partial charge in [0.05, 0.1) is 41.5 Å². The Kier molecular flexibility index (Phi) is 6.53. The average molecular weight is 439 g/mol. The van der Waals surface area contributed by atoms with Crippen LogP contribution in [0.5, 0.6) is 0 Å². The van der Waals surface area contributed by atoms with Crippen molar-refractivity contribution in [3.8, 4) is 0 Å². The van der Waals surface area contributed by atoms with Crippen LogP contribution in [-0.2, 0) is 19.5 Å². The Hall–Kier alpha value is -2.46. The third-order valence-corrected chi connectivity index (χ3v) is 6.56. The number of sulfonamides is 1. The van der Waals surface area contributed by atoms with Crippen molar-refractivity contribution < 1.29 is 27.5 Å². The van der Waals surface area contributed by atoms with Gasteiger partial charge in [0.25, 0.3) is 5.91 Å². The predicted molar refractivity (Wildman–Crippen MR) is 107 cm³/mol. The van der Waals surface area contributed by atoms with E-state index in [1.165, 1.54) is 53.9 Å². The average Bonchev–Trinajstić information content (AvgIpc) is 2.75. The third-order valence-electron chi connectivity index (χ3n) is 4.34. The Balaban J connectivity index is 1.84. The Morgan fingerprint density at radius 1 is 1.10 bits per heavy atom. The molecule has 0 aliphatic carbocycles. The van der Waals surface area contributed by atoms with E-state index < -0.39 is 21.9 Å². The van der Waals surface area contributed by atoms with Gasteiger partial charge in [-0.25, -0.2) is 13.2 Å². The number of halogens is 1. The van der Waals surface area contributed by atoms with Crippen molar-refractivity contribution in [2.24, 2.45) is 0 Å². The number of nitrogens with zero attached hydrogens (tertiary/aromatic N) is 1. The van der Waals surface area contributed by atoms with Crippen molar-refractivity contribution in [1.29, 1.82) is 0 Å². The van der Waals surface area contributed by atoms with Crippen LogP contribution < -0.4 is 5.32 Å². The topological polar surface area (TPSA) is 102 Å². The predicted octanol–water partition coefficient (Wildman–Crippen LogP) is 2.40. The molecule has 1 heterocycles. The van der Waals surface area contributed by atoms with Crippen molar-refractivity contribution in [3.05, 3.63) is 58.6 Å². The summed E-state index contributed by atoms with van der Waals surface area (Å²) in [4.78, 5) is 24.4. The number of rotatable bonds is 5. The summed E-state index contributed by atoms with van der Waals surface area (Å²) >= 11 is 6.10. The molecule has 0 unspecified atom stereocenters. The molecule has 8 nitrogen and oxygen atoms in total. The minimum absolute atomic E-state index is 0.0152. The maximum atomic E-state index is 12.8. The summed E-state index contributed by atoms with van der Waals surface area (Å²) in [5.41, 5.74) is 0.565. The molecule has 0 saturated carbocycles. The van der Waals surface area contributed by atoms with Crippen LogP contribution in [0.1, 0.15) is 20.7 Å². The van der Waals surface area contributed by atoms with Gasteiger partial charge in [0.2, 0.25) is 10.0 Å². The molecule has 3 rings (SSSR count). The van der Waals surface area contributed by atoms with Crippen molar-refractivity contribution in [3.63, 3.8) is 0 Å². The molecule has 0 aromatic heterocycles. The molecule has 0 bridgehead atoms. The zero-order valence-corrected chi connectivity index (χ0v) is 17.1. The molecule has 1 aliphatic rings. The van der Waals surface area contributed by atoms with Crippen molar-refractivity contribution in [2.75, 3.05) is 38.7 Å². The van der Waals surface area contributed by atoms with E-state index in [-0.39, 0.29) is 39.8 Å². The Morgan fingerprint density at radius 2 is 1.83 bits per heavy atom. The lowest BCUT2D eigenvalue weighted by atomic mass is 10.1. The minimum atomic E-state index is -3.73. The van der Waals surface area contributed by atoms with Crippen molar-refractivity contribution in [1.82, 2.24) is 4.31 Å². The molecule has 0 spiro atoms. The van der Waals surface area contributed by atoms with Gasteiger partial charge in [-0.2, -0.15) is 4.31 Å².